The topological polar surface area (TPSA) is 60.4 Å². The van der Waals surface area contributed by atoms with Gasteiger partial charge in [0.25, 0.3) is 0 Å². The largest absolute Gasteiger partial charge is 0.477 e. The second kappa shape index (κ2) is 5.92. The molecule has 1 saturated heterocycles. The van der Waals surface area contributed by atoms with Gasteiger partial charge in [0, 0.05) is 18.8 Å². The van der Waals surface area contributed by atoms with E-state index in [9.17, 15) is 0 Å². The van der Waals surface area contributed by atoms with Crippen LogP contribution in [0.2, 0.25) is 0 Å². The van der Waals surface area contributed by atoms with Gasteiger partial charge >= 0.3 is 0 Å². The Morgan fingerprint density at radius 3 is 2.70 bits per heavy atom. The Balaban J connectivity index is 1.75. The summed E-state index contributed by atoms with van der Waals surface area (Å²) in [5, 5.41) is 0.908. The molecule has 2 fully saturated rings. The van der Waals surface area contributed by atoms with Crippen molar-refractivity contribution in [1.82, 2.24) is 15.0 Å². The molecular formula is C17H22N4O2. The highest BCUT2D eigenvalue weighted by Crippen LogP contribution is 2.32. The molecule has 0 unspecified atom stereocenters. The molecule has 23 heavy (non-hydrogen) atoms. The predicted octanol–water partition coefficient (Wildman–Crippen LogP) is 2.27. The molecule has 0 atom stereocenters. The van der Waals surface area contributed by atoms with Gasteiger partial charge in [-0.3, -0.25) is 0 Å². The van der Waals surface area contributed by atoms with E-state index in [1.807, 2.05) is 6.92 Å². The van der Waals surface area contributed by atoms with Crippen LogP contribution in [0, 0.1) is 19.8 Å². The van der Waals surface area contributed by atoms with E-state index in [4.69, 9.17) is 14.5 Å². The van der Waals surface area contributed by atoms with Crippen molar-refractivity contribution in [1.29, 1.82) is 0 Å². The van der Waals surface area contributed by atoms with Gasteiger partial charge < -0.3 is 14.4 Å². The molecule has 0 spiro atoms. The van der Waals surface area contributed by atoms with Crippen molar-refractivity contribution in [3.05, 3.63) is 17.3 Å². The molecule has 6 heteroatoms. The number of pyridine rings is 1. The minimum absolute atomic E-state index is 0.666. The van der Waals surface area contributed by atoms with E-state index in [1.54, 1.807) is 0 Å². The van der Waals surface area contributed by atoms with Crippen LogP contribution in [0.4, 0.5) is 5.95 Å². The number of anilines is 1. The number of hydrogen-bond donors (Lipinski definition) is 0. The van der Waals surface area contributed by atoms with E-state index in [2.05, 4.69) is 27.9 Å². The highest BCUT2D eigenvalue weighted by atomic mass is 16.5. The van der Waals surface area contributed by atoms with Crippen molar-refractivity contribution in [2.45, 2.75) is 26.7 Å². The number of rotatable bonds is 4. The first-order valence-electron chi connectivity index (χ1n) is 8.32. The summed E-state index contributed by atoms with van der Waals surface area (Å²) in [4.78, 5) is 16.2. The maximum Gasteiger partial charge on any atom is 0.230 e. The Morgan fingerprint density at radius 1 is 1.17 bits per heavy atom. The predicted molar refractivity (Wildman–Crippen MR) is 88.1 cm³/mol. The molecule has 6 nitrogen and oxygen atoms in total. The highest BCUT2D eigenvalue weighted by molar-refractivity contribution is 5.82. The van der Waals surface area contributed by atoms with E-state index in [-0.39, 0.29) is 0 Å². The van der Waals surface area contributed by atoms with Crippen molar-refractivity contribution >= 4 is 17.0 Å². The molecule has 1 aliphatic carbocycles. The minimum atomic E-state index is 0.666. The third kappa shape index (κ3) is 3.08. The normalized spacial score (nSPS) is 18.4. The van der Waals surface area contributed by atoms with E-state index < -0.39 is 0 Å². The standard InChI is InChI=1S/C17H22N4O2/c1-11-9-14-15(18-12(11)2)19-17(21-5-7-22-8-6-21)20-16(14)23-10-13-3-4-13/h9,13H,3-8,10H2,1-2H3. The lowest BCUT2D eigenvalue weighted by molar-refractivity contribution is 0.122. The first-order valence-corrected chi connectivity index (χ1v) is 8.32. The van der Waals surface area contributed by atoms with Crippen molar-refractivity contribution in [2.75, 3.05) is 37.8 Å². The van der Waals surface area contributed by atoms with Gasteiger partial charge in [-0.25, -0.2) is 4.98 Å². The Kier molecular flexibility index (Phi) is 3.77. The Labute approximate surface area is 135 Å². The van der Waals surface area contributed by atoms with Gasteiger partial charge in [0.05, 0.1) is 25.2 Å². The Morgan fingerprint density at radius 2 is 1.96 bits per heavy atom. The molecule has 4 rings (SSSR count). The fourth-order valence-electron chi connectivity index (χ4n) is 2.70. The van der Waals surface area contributed by atoms with Gasteiger partial charge in [-0.1, -0.05) is 0 Å². The second-order valence-electron chi connectivity index (χ2n) is 6.44. The molecule has 3 heterocycles. The average Bonchev–Trinajstić information content (AvgIpc) is 3.39. The molecule has 2 aliphatic rings. The monoisotopic (exact) mass is 314 g/mol. The maximum atomic E-state index is 6.02. The summed E-state index contributed by atoms with van der Waals surface area (Å²) in [7, 11) is 0. The van der Waals surface area contributed by atoms with Crippen LogP contribution in [0.5, 0.6) is 5.88 Å². The summed E-state index contributed by atoms with van der Waals surface area (Å²) in [5.74, 6) is 2.05. The summed E-state index contributed by atoms with van der Waals surface area (Å²) in [6, 6.07) is 2.09. The van der Waals surface area contributed by atoms with Gasteiger partial charge in [-0.15, -0.1) is 0 Å². The van der Waals surface area contributed by atoms with Crippen molar-refractivity contribution < 1.29 is 9.47 Å². The fraction of sp³-hybridized carbons (Fsp3) is 0.588. The molecule has 122 valence electrons. The van der Waals surface area contributed by atoms with E-state index >= 15 is 0 Å². The molecule has 0 N–H and O–H groups in total. The maximum absolute atomic E-state index is 6.02. The summed E-state index contributed by atoms with van der Waals surface area (Å²) in [5.41, 5.74) is 2.85. The number of hydrogen-bond acceptors (Lipinski definition) is 6. The van der Waals surface area contributed by atoms with Crippen molar-refractivity contribution in [3.8, 4) is 5.88 Å². The lowest BCUT2D eigenvalue weighted by Crippen LogP contribution is -2.37. The number of aryl methyl sites for hydroxylation is 2. The molecular weight excluding hydrogens is 292 g/mol. The summed E-state index contributed by atoms with van der Waals surface area (Å²) in [6.07, 6.45) is 2.52. The molecule has 0 aromatic carbocycles. The molecule has 2 aromatic rings. The van der Waals surface area contributed by atoms with Gasteiger partial charge in [0.2, 0.25) is 11.8 Å². The van der Waals surface area contributed by atoms with Crippen LogP contribution in [0.1, 0.15) is 24.1 Å². The Bertz CT molecular complexity index is 724. The second-order valence-corrected chi connectivity index (χ2v) is 6.44. The van der Waals surface area contributed by atoms with Crippen molar-refractivity contribution in [2.24, 2.45) is 5.92 Å². The first kappa shape index (κ1) is 14.6. The molecule has 0 bridgehead atoms. The third-order valence-corrected chi connectivity index (χ3v) is 4.53. The quantitative estimate of drug-likeness (QED) is 0.863. The molecule has 2 aromatic heterocycles. The van der Waals surface area contributed by atoms with E-state index in [0.717, 1.165) is 42.0 Å². The van der Waals surface area contributed by atoms with Crippen LogP contribution in [-0.4, -0.2) is 47.9 Å². The summed E-state index contributed by atoms with van der Waals surface area (Å²) in [6.45, 7) is 7.83. The number of fused-ring (bicyclic) bond motifs is 1. The lowest BCUT2D eigenvalue weighted by atomic mass is 10.2. The zero-order chi connectivity index (χ0) is 15.8. The number of nitrogens with zero attached hydrogens (tertiary/aromatic N) is 4. The molecule has 1 aliphatic heterocycles. The van der Waals surface area contributed by atoms with Gasteiger partial charge in [-0.2, -0.15) is 9.97 Å². The van der Waals surface area contributed by atoms with E-state index in [1.165, 1.54) is 12.8 Å². The Hall–Kier alpha value is -1.95. The van der Waals surface area contributed by atoms with Crippen molar-refractivity contribution in [3.63, 3.8) is 0 Å². The average molecular weight is 314 g/mol. The molecule has 0 radical (unpaired) electrons. The SMILES string of the molecule is Cc1cc2c(OCC3CC3)nc(N3CCOCC3)nc2nc1C. The van der Waals surface area contributed by atoms with Gasteiger partial charge in [-0.05, 0) is 44.2 Å². The van der Waals surface area contributed by atoms with Gasteiger partial charge in [0.1, 0.15) is 0 Å². The minimum Gasteiger partial charge on any atom is -0.477 e. The first-order chi connectivity index (χ1) is 11.2. The highest BCUT2D eigenvalue weighted by Gasteiger charge is 2.24. The van der Waals surface area contributed by atoms with Crippen LogP contribution in [0.25, 0.3) is 11.0 Å². The van der Waals surface area contributed by atoms with Crippen LogP contribution in [-0.2, 0) is 4.74 Å². The zero-order valence-corrected chi connectivity index (χ0v) is 13.7. The zero-order valence-electron chi connectivity index (χ0n) is 13.7. The van der Waals surface area contributed by atoms with E-state index in [0.29, 0.717) is 31.0 Å². The lowest BCUT2D eigenvalue weighted by Gasteiger charge is -2.27. The summed E-state index contributed by atoms with van der Waals surface area (Å²) < 4.78 is 11.4. The molecule has 0 amide bonds. The van der Waals surface area contributed by atoms with Crippen LogP contribution in [0.15, 0.2) is 6.07 Å². The smallest absolute Gasteiger partial charge is 0.230 e. The van der Waals surface area contributed by atoms with Crippen LogP contribution < -0.4 is 9.64 Å². The number of ether oxygens (including phenoxy) is 2. The summed E-state index contributed by atoms with van der Waals surface area (Å²) >= 11 is 0. The van der Waals surface area contributed by atoms with Crippen LogP contribution in [0.3, 0.4) is 0 Å². The fourth-order valence-corrected chi connectivity index (χ4v) is 2.70. The molecule has 1 saturated carbocycles. The van der Waals surface area contributed by atoms with Crippen LogP contribution >= 0.6 is 0 Å². The third-order valence-electron chi connectivity index (χ3n) is 4.53. The van der Waals surface area contributed by atoms with Gasteiger partial charge in [0.15, 0.2) is 5.65 Å². The number of aromatic nitrogens is 3. The number of morpholine rings is 1.